The quantitative estimate of drug-likeness (QED) is 0.905. The smallest absolute Gasteiger partial charge is 0.255 e. The molecule has 3 aliphatic rings. The van der Waals surface area contributed by atoms with Gasteiger partial charge in [-0.3, -0.25) is 4.79 Å². The minimum absolute atomic E-state index is 0. The van der Waals surface area contributed by atoms with Crippen LogP contribution in [0.15, 0.2) is 12.1 Å². The summed E-state index contributed by atoms with van der Waals surface area (Å²) < 4.78 is 0. The highest BCUT2D eigenvalue weighted by molar-refractivity contribution is 6.01. The fourth-order valence-electron chi connectivity index (χ4n) is 4.39. The Kier molecular flexibility index (Phi) is 4.47. The molecule has 22 heavy (non-hydrogen) atoms. The lowest BCUT2D eigenvalue weighted by molar-refractivity contribution is 0.0690. The van der Waals surface area contributed by atoms with Crippen LogP contribution in [-0.2, 0) is 6.42 Å². The number of rotatable bonds is 2. The van der Waals surface area contributed by atoms with Gasteiger partial charge < -0.3 is 10.2 Å². The van der Waals surface area contributed by atoms with Crippen LogP contribution in [0.2, 0.25) is 0 Å². The summed E-state index contributed by atoms with van der Waals surface area (Å²) in [5.41, 5.74) is 5.12. The van der Waals surface area contributed by atoms with Crippen LogP contribution in [0.5, 0.6) is 0 Å². The molecule has 1 aliphatic carbocycles. The molecule has 4 heteroatoms. The Balaban J connectivity index is 0.00000144. The predicted molar refractivity (Wildman–Crippen MR) is 90.9 cm³/mol. The van der Waals surface area contributed by atoms with E-state index in [1.165, 1.54) is 42.4 Å². The number of hydrogen-bond acceptors (Lipinski definition) is 2. The number of amides is 1. The van der Waals surface area contributed by atoms with Gasteiger partial charge in [-0.1, -0.05) is 31.9 Å². The maximum Gasteiger partial charge on any atom is 0.255 e. The minimum atomic E-state index is 0. The number of nitrogens with one attached hydrogen (secondary N) is 1. The number of fused-ring (bicyclic) bond motifs is 3. The normalized spacial score (nSPS) is 24.1. The van der Waals surface area contributed by atoms with Gasteiger partial charge in [0.1, 0.15) is 0 Å². The molecule has 2 aliphatic heterocycles. The zero-order chi connectivity index (χ0) is 14.4. The molecule has 4 rings (SSSR count). The molecular weight excluding hydrogens is 296 g/mol. The molecule has 2 fully saturated rings. The molecule has 0 unspecified atom stereocenters. The van der Waals surface area contributed by atoms with E-state index in [-0.39, 0.29) is 18.4 Å². The van der Waals surface area contributed by atoms with Gasteiger partial charge in [0.25, 0.3) is 5.91 Å². The van der Waals surface area contributed by atoms with Gasteiger partial charge in [-0.15, -0.1) is 12.4 Å². The number of piperazine rings is 1. The molecule has 0 spiro atoms. The summed E-state index contributed by atoms with van der Waals surface area (Å²) in [7, 11) is 0. The zero-order valence-electron chi connectivity index (χ0n) is 13.2. The van der Waals surface area contributed by atoms with Crippen LogP contribution < -0.4 is 5.32 Å². The largest absolute Gasteiger partial charge is 0.329 e. The van der Waals surface area contributed by atoms with Crippen molar-refractivity contribution in [3.05, 3.63) is 34.4 Å². The average molecular weight is 321 g/mol. The van der Waals surface area contributed by atoms with Crippen molar-refractivity contribution in [1.82, 2.24) is 10.2 Å². The van der Waals surface area contributed by atoms with E-state index < -0.39 is 0 Å². The molecule has 0 radical (unpaired) electrons. The van der Waals surface area contributed by atoms with Gasteiger partial charge in [-0.25, -0.2) is 0 Å². The van der Waals surface area contributed by atoms with Gasteiger partial charge in [0.15, 0.2) is 0 Å². The van der Waals surface area contributed by atoms with Gasteiger partial charge in [0.05, 0.1) is 6.04 Å². The fourth-order valence-corrected chi connectivity index (χ4v) is 4.39. The SMILES string of the molecule is CCc1cc(C2CCCC2)c2c(c1)[C@@H]1CNCCN1C2=O.Cl. The number of nitrogens with zero attached hydrogens (tertiary/aromatic N) is 1. The van der Waals surface area contributed by atoms with Crippen molar-refractivity contribution in [2.24, 2.45) is 0 Å². The van der Waals surface area contributed by atoms with Crippen molar-refractivity contribution in [2.45, 2.75) is 51.0 Å². The highest BCUT2D eigenvalue weighted by atomic mass is 35.5. The molecule has 3 nitrogen and oxygen atoms in total. The third kappa shape index (κ3) is 2.35. The Labute approximate surface area is 138 Å². The molecule has 120 valence electrons. The Morgan fingerprint density at radius 2 is 1.95 bits per heavy atom. The predicted octanol–water partition coefficient (Wildman–Crippen LogP) is 3.43. The van der Waals surface area contributed by atoms with Crippen molar-refractivity contribution in [3.8, 4) is 0 Å². The van der Waals surface area contributed by atoms with E-state index in [1.54, 1.807) is 0 Å². The summed E-state index contributed by atoms with van der Waals surface area (Å²) in [6.07, 6.45) is 6.21. The van der Waals surface area contributed by atoms with Crippen LogP contribution in [-0.4, -0.2) is 30.4 Å². The van der Waals surface area contributed by atoms with Crippen LogP contribution in [0.1, 0.15) is 71.6 Å². The number of halogens is 1. The summed E-state index contributed by atoms with van der Waals surface area (Å²) in [5, 5.41) is 3.45. The van der Waals surface area contributed by atoms with Gasteiger partial charge >= 0.3 is 0 Å². The average Bonchev–Trinajstić information content (AvgIpc) is 3.15. The van der Waals surface area contributed by atoms with Gasteiger partial charge in [0.2, 0.25) is 0 Å². The second-order valence-electron chi connectivity index (χ2n) is 6.70. The maximum atomic E-state index is 12.9. The topological polar surface area (TPSA) is 32.3 Å². The third-order valence-electron chi connectivity index (χ3n) is 5.54. The second-order valence-corrected chi connectivity index (χ2v) is 6.70. The molecule has 2 heterocycles. The summed E-state index contributed by atoms with van der Waals surface area (Å²) in [4.78, 5) is 15.0. The summed E-state index contributed by atoms with van der Waals surface area (Å²) in [5.74, 6) is 0.907. The molecule has 1 saturated carbocycles. The number of carbonyl (C=O) groups excluding carboxylic acids is 1. The molecule has 0 aromatic heterocycles. The fraction of sp³-hybridized carbons (Fsp3) is 0.611. The van der Waals surface area contributed by atoms with Crippen molar-refractivity contribution < 1.29 is 4.79 Å². The number of hydrogen-bond donors (Lipinski definition) is 1. The lowest BCUT2D eigenvalue weighted by Gasteiger charge is -2.30. The van der Waals surface area contributed by atoms with E-state index in [1.807, 2.05) is 0 Å². The molecule has 0 bridgehead atoms. The highest BCUT2D eigenvalue weighted by Crippen LogP contribution is 2.43. The Hall–Kier alpha value is -1.06. The van der Waals surface area contributed by atoms with Crippen LogP contribution in [0.3, 0.4) is 0 Å². The van der Waals surface area contributed by atoms with E-state index in [2.05, 4.69) is 29.3 Å². The standard InChI is InChI=1S/C18H24N2O.ClH/c1-2-12-9-14(13-5-3-4-6-13)17-15(10-12)16-11-19-7-8-20(16)18(17)21;/h9-10,13,16,19H,2-8,11H2,1H3;1H/t16-;/m0./s1. The molecular formula is C18H25ClN2O. The first-order valence-electron chi connectivity index (χ1n) is 8.48. The first-order chi connectivity index (χ1) is 10.3. The minimum Gasteiger partial charge on any atom is -0.329 e. The molecule has 1 atom stereocenters. The summed E-state index contributed by atoms with van der Waals surface area (Å²) in [6, 6.07) is 4.90. The second kappa shape index (κ2) is 6.21. The molecule has 1 amide bonds. The van der Waals surface area contributed by atoms with Crippen molar-refractivity contribution in [2.75, 3.05) is 19.6 Å². The van der Waals surface area contributed by atoms with Crippen LogP contribution in [0.4, 0.5) is 0 Å². The van der Waals surface area contributed by atoms with E-state index in [9.17, 15) is 4.79 Å². The summed E-state index contributed by atoms with van der Waals surface area (Å²) >= 11 is 0. The van der Waals surface area contributed by atoms with Crippen molar-refractivity contribution in [3.63, 3.8) is 0 Å². The molecule has 1 N–H and O–H groups in total. The van der Waals surface area contributed by atoms with Crippen molar-refractivity contribution in [1.29, 1.82) is 0 Å². The Bertz CT molecular complexity index is 581. The van der Waals surface area contributed by atoms with Gasteiger partial charge in [-0.05, 0) is 41.9 Å². The summed E-state index contributed by atoms with van der Waals surface area (Å²) in [6.45, 7) is 4.91. The first-order valence-corrected chi connectivity index (χ1v) is 8.48. The Morgan fingerprint density at radius 3 is 2.68 bits per heavy atom. The Morgan fingerprint density at radius 1 is 1.23 bits per heavy atom. The number of benzene rings is 1. The van der Waals surface area contributed by atoms with E-state index in [0.29, 0.717) is 11.8 Å². The van der Waals surface area contributed by atoms with Crippen LogP contribution in [0, 0.1) is 0 Å². The van der Waals surface area contributed by atoms with Crippen LogP contribution >= 0.6 is 12.4 Å². The highest BCUT2D eigenvalue weighted by Gasteiger charge is 2.41. The van der Waals surface area contributed by atoms with Crippen LogP contribution in [0.25, 0.3) is 0 Å². The van der Waals surface area contributed by atoms with Gasteiger partial charge in [0, 0.05) is 25.2 Å². The van der Waals surface area contributed by atoms with Gasteiger partial charge in [-0.2, -0.15) is 0 Å². The lowest BCUT2D eigenvalue weighted by atomic mass is 9.87. The number of aryl methyl sites for hydroxylation is 1. The monoisotopic (exact) mass is 320 g/mol. The zero-order valence-corrected chi connectivity index (χ0v) is 14.0. The molecule has 1 aromatic rings. The first kappa shape index (κ1) is 15.8. The maximum absolute atomic E-state index is 12.9. The number of carbonyl (C=O) groups is 1. The molecule has 1 saturated heterocycles. The molecule has 1 aromatic carbocycles. The lowest BCUT2D eigenvalue weighted by Crippen LogP contribution is -2.44. The van der Waals surface area contributed by atoms with E-state index in [0.717, 1.165) is 31.6 Å². The van der Waals surface area contributed by atoms with Crippen molar-refractivity contribution >= 4 is 18.3 Å². The van der Waals surface area contributed by atoms with E-state index in [4.69, 9.17) is 0 Å². The van der Waals surface area contributed by atoms with E-state index >= 15 is 0 Å². The third-order valence-corrected chi connectivity index (χ3v) is 5.54.